The first-order valence-corrected chi connectivity index (χ1v) is 7.90. The maximum Gasteiger partial charge on any atom is 0.247 e. The van der Waals surface area contributed by atoms with E-state index in [4.69, 9.17) is 19.9 Å². The maximum absolute atomic E-state index is 12.3. The van der Waals surface area contributed by atoms with E-state index < -0.39 is 6.04 Å². The van der Waals surface area contributed by atoms with Crippen molar-refractivity contribution in [3.8, 4) is 17.2 Å². The van der Waals surface area contributed by atoms with Gasteiger partial charge in [0.15, 0.2) is 11.5 Å². The number of anilines is 1. The van der Waals surface area contributed by atoms with Crippen LogP contribution in [0.3, 0.4) is 0 Å². The number of benzene rings is 2. The summed E-state index contributed by atoms with van der Waals surface area (Å²) in [6.07, 6.45) is 0. The third-order valence-electron chi connectivity index (χ3n) is 4.30. The van der Waals surface area contributed by atoms with Gasteiger partial charge >= 0.3 is 0 Å². The summed E-state index contributed by atoms with van der Waals surface area (Å²) in [5.74, 6) is 2.08. The second kappa shape index (κ2) is 5.72. The Kier molecular flexibility index (Phi) is 3.54. The molecular weight excluding hydrogens is 308 g/mol. The van der Waals surface area contributed by atoms with Gasteiger partial charge < -0.3 is 24.8 Å². The lowest BCUT2D eigenvalue weighted by Gasteiger charge is -2.45. The van der Waals surface area contributed by atoms with Crippen LogP contribution in [-0.4, -0.2) is 25.3 Å². The van der Waals surface area contributed by atoms with Crippen LogP contribution >= 0.6 is 0 Å². The number of amides is 1. The molecule has 0 aliphatic carbocycles. The summed E-state index contributed by atoms with van der Waals surface area (Å²) in [5.41, 5.74) is 7.79. The molecule has 2 heterocycles. The van der Waals surface area contributed by atoms with E-state index in [1.54, 1.807) is 4.90 Å². The van der Waals surface area contributed by atoms with Crippen molar-refractivity contribution in [3.05, 3.63) is 48.0 Å². The van der Waals surface area contributed by atoms with E-state index in [0.717, 1.165) is 17.0 Å². The molecule has 4 rings (SSSR count). The molecule has 0 spiro atoms. The number of β-lactam (4-membered cyclic amide) rings is 1. The molecule has 2 N–H and O–H groups in total. The van der Waals surface area contributed by atoms with Gasteiger partial charge in [-0.15, -0.1) is 0 Å². The van der Waals surface area contributed by atoms with Crippen molar-refractivity contribution in [2.75, 3.05) is 18.3 Å². The van der Waals surface area contributed by atoms with E-state index >= 15 is 0 Å². The smallest absolute Gasteiger partial charge is 0.247 e. The fourth-order valence-corrected chi connectivity index (χ4v) is 3.12. The second-order valence-corrected chi connectivity index (χ2v) is 5.72. The van der Waals surface area contributed by atoms with Crippen LogP contribution < -0.4 is 24.8 Å². The Hall–Kier alpha value is -2.73. The lowest BCUT2D eigenvalue weighted by molar-refractivity contribution is -0.126. The Balaban J connectivity index is 1.63. The van der Waals surface area contributed by atoms with Crippen molar-refractivity contribution < 1.29 is 19.0 Å². The molecule has 2 aliphatic rings. The van der Waals surface area contributed by atoms with Crippen LogP contribution in [0.5, 0.6) is 17.2 Å². The first-order valence-electron chi connectivity index (χ1n) is 7.90. The number of hydrogen-bond acceptors (Lipinski definition) is 5. The molecule has 2 unspecified atom stereocenters. The molecule has 6 heteroatoms. The van der Waals surface area contributed by atoms with Gasteiger partial charge in [0, 0.05) is 5.69 Å². The molecule has 2 aromatic carbocycles. The minimum absolute atomic E-state index is 0.0955. The molecule has 0 radical (unpaired) electrons. The van der Waals surface area contributed by atoms with Crippen LogP contribution in [0, 0.1) is 0 Å². The molecule has 124 valence electrons. The van der Waals surface area contributed by atoms with Crippen molar-refractivity contribution in [2.24, 2.45) is 5.73 Å². The first kappa shape index (κ1) is 14.8. The van der Waals surface area contributed by atoms with Crippen molar-refractivity contribution in [3.63, 3.8) is 0 Å². The fraction of sp³-hybridized carbons (Fsp3) is 0.278. The lowest BCUT2D eigenvalue weighted by Crippen LogP contribution is -2.63. The normalized spacial score (nSPS) is 21.6. The highest BCUT2D eigenvalue weighted by Crippen LogP contribution is 2.42. The van der Waals surface area contributed by atoms with E-state index in [2.05, 4.69) is 0 Å². The first-order chi connectivity index (χ1) is 11.7. The van der Waals surface area contributed by atoms with Crippen LogP contribution in [0.1, 0.15) is 18.5 Å². The molecule has 2 atom stereocenters. The molecule has 6 nitrogen and oxygen atoms in total. The zero-order valence-corrected chi connectivity index (χ0v) is 13.3. The Morgan fingerprint density at radius 1 is 1.17 bits per heavy atom. The molecule has 1 fully saturated rings. The van der Waals surface area contributed by atoms with E-state index in [-0.39, 0.29) is 18.7 Å². The van der Waals surface area contributed by atoms with E-state index in [1.165, 1.54) is 0 Å². The average molecular weight is 326 g/mol. The standard InChI is InChI=1S/C18H18N2O4/c1-2-22-13-6-4-12(5-7-13)20-17(16(19)18(20)21)11-3-8-14-15(9-11)24-10-23-14/h3-9,16-17H,2,10,19H2,1H3. The van der Waals surface area contributed by atoms with Crippen molar-refractivity contribution >= 4 is 11.6 Å². The summed E-state index contributed by atoms with van der Waals surface area (Å²) in [6, 6.07) is 12.3. The summed E-state index contributed by atoms with van der Waals surface area (Å²) >= 11 is 0. The molecular formula is C18H18N2O4. The van der Waals surface area contributed by atoms with Gasteiger partial charge in [0.25, 0.3) is 0 Å². The molecule has 24 heavy (non-hydrogen) atoms. The van der Waals surface area contributed by atoms with E-state index in [1.807, 2.05) is 49.4 Å². The molecule has 1 amide bonds. The number of carbonyl (C=O) groups is 1. The summed E-state index contributed by atoms with van der Waals surface area (Å²) in [6.45, 7) is 2.76. The number of nitrogens with two attached hydrogens (primary N) is 1. The SMILES string of the molecule is CCOc1ccc(N2C(=O)C(N)C2c2ccc3c(c2)OCO3)cc1. The molecule has 0 saturated carbocycles. The monoisotopic (exact) mass is 326 g/mol. The highest BCUT2D eigenvalue weighted by atomic mass is 16.7. The third kappa shape index (κ3) is 2.27. The van der Waals surface area contributed by atoms with Gasteiger partial charge in [0.1, 0.15) is 11.8 Å². The van der Waals surface area contributed by atoms with Crippen molar-refractivity contribution in [1.82, 2.24) is 0 Å². The molecule has 1 saturated heterocycles. The summed E-state index contributed by atoms with van der Waals surface area (Å²) in [4.78, 5) is 14.0. The quantitative estimate of drug-likeness (QED) is 0.872. The van der Waals surface area contributed by atoms with Gasteiger partial charge in [-0.3, -0.25) is 4.79 Å². The zero-order valence-electron chi connectivity index (χ0n) is 13.3. The summed E-state index contributed by atoms with van der Waals surface area (Å²) < 4.78 is 16.2. The molecule has 2 aliphatic heterocycles. The predicted octanol–water partition coefficient (Wildman–Crippen LogP) is 2.23. The van der Waals surface area contributed by atoms with Gasteiger partial charge in [-0.2, -0.15) is 0 Å². The zero-order chi connectivity index (χ0) is 16.7. The Bertz CT molecular complexity index is 775. The predicted molar refractivity (Wildman–Crippen MR) is 88.4 cm³/mol. The van der Waals surface area contributed by atoms with Crippen LogP contribution in [0.2, 0.25) is 0 Å². The third-order valence-corrected chi connectivity index (χ3v) is 4.30. The number of nitrogens with zero attached hydrogens (tertiary/aromatic N) is 1. The maximum atomic E-state index is 12.3. The molecule has 0 aromatic heterocycles. The average Bonchev–Trinajstić information content (AvgIpc) is 3.07. The lowest BCUT2D eigenvalue weighted by atomic mass is 9.88. The van der Waals surface area contributed by atoms with Gasteiger partial charge in [-0.25, -0.2) is 0 Å². The topological polar surface area (TPSA) is 74.0 Å². The van der Waals surface area contributed by atoms with Gasteiger partial charge in [0.05, 0.1) is 12.6 Å². The van der Waals surface area contributed by atoms with Crippen LogP contribution in [0.15, 0.2) is 42.5 Å². The van der Waals surface area contributed by atoms with Gasteiger partial charge in [-0.05, 0) is 48.9 Å². The van der Waals surface area contributed by atoms with Gasteiger partial charge in [0.2, 0.25) is 12.7 Å². The molecule has 0 bridgehead atoms. The minimum Gasteiger partial charge on any atom is -0.494 e. The fourth-order valence-electron chi connectivity index (χ4n) is 3.12. The Morgan fingerprint density at radius 3 is 2.67 bits per heavy atom. The number of rotatable bonds is 4. The number of hydrogen-bond donors (Lipinski definition) is 1. The number of carbonyl (C=O) groups excluding carboxylic acids is 1. The van der Waals surface area contributed by atoms with E-state index in [0.29, 0.717) is 18.1 Å². The highest BCUT2D eigenvalue weighted by Gasteiger charge is 2.47. The Morgan fingerprint density at radius 2 is 1.92 bits per heavy atom. The Labute approximate surface area is 139 Å². The number of fused-ring (bicyclic) bond motifs is 1. The van der Waals surface area contributed by atoms with Crippen molar-refractivity contribution in [2.45, 2.75) is 19.0 Å². The molecule has 2 aromatic rings. The summed E-state index contributed by atoms with van der Waals surface area (Å²) in [5, 5.41) is 0. The highest BCUT2D eigenvalue weighted by molar-refractivity contribution is 6.05. The van der Waals surface area contributed by atoms with Crippen LogP contribution in [-0.2, 0) is 4.79 Å². The van der Waals surface area contributed by atoms with Gasteiger partial charge in [-0.1, -0.05) is 6.07 Å². The van der Waals surface area contributed by atoms with E-state index in [9.17, 15) is 4.79 Å². The summed E-state index contributed by atoms with van der Waals surface area (Å²) in [7, 11) is 0. The number of ether oxygens (including phenoxy) is 3. The van der Waals surface area contributed by atoms with Crippen LogP contribution in [0.25, 0.3) is 0 Å². The van der Waals surface area contributed by atoms with Crippen molar-refractivity contribution in [1.29, 1.82) is 0 Å². The largest absolute Gasteiger partial charge is 0.494 e. The van der Waals surface area contributed by atoms with Crippen LogP contribution in [0.4, 0.5) is 5.69 Å². The second-order valence-electron chi connectivity index (χ2n) is 5.72. The minimum atomic E-state index is -0.558.